The molecule has 3 heteroatoms. The van der Waals surface area contributed by atoms with Crippen LogP contribution in [-0.4, -0.2) is 11.5 Å². The zero-order chi connectivity index (χ0) is 12.9. The van der Waals surface area contributed by atoms with E-state index in [0.29, 0.717) is 5.56 Å². The Kier molecular flexibility index (Phi) is 5.06. The third kappa shape index (κ3) is 4.08. The number of hydrogen-bond donors (Lipinski definition) is 1. The number of nitrogens with zero attached hydrogens (tertiary/aromatic N) is 1. The molecule has 2 rings (SSSR count). The summed E-state index contributed by atoms with van der Waals surface area (Å²) in [7, 11) is 0. The number of rotatable bonds is 1. The summed E-state index contributed by atoms with van der Waals surface area (Å²) in [5.74, 6) is 0. The van der Waals surface area contributed by atoms with Crippen molar-refractivity contribution in [3.63, 3.8) is 0 Å². The molecule has 0 fully saturated rings. The average molecular weight is 238 g/mol. The molecule has 0 spiro atoms. The second kappa shape index (κ2) is 6.10. The van der Waals surface area contributed by atoms with Gasteiger partial charge in [-0.2, -0.15) is 0 Å². The number of nitrogens with one attached hydrogen (secondary N) is 1. The van der Waals surface area contributed by atoms with Gasteiger partial charge in [-0.25, -0.2) is 4.39 Å². The number of fused-ring (bicyclic) bond motifs is 1. The lowest BCUT2D eigenvalue weighted by Gasteiger charge is -2.20. The highest BCUT2D eigenvalue weighted by Gasteiger charge is 2.21. The first kappa shape index (κ1) is 14.1. The van der Waals surface area contributed by atoms with Gasteiger partial charge in [0.05, 0.1) is 0 Å². The molecule has 0 atom stereocenters. The van der Waals surface area contributed by atoms with E-state index in [9.17, 15) is 4.39 Å². The fourth-order valence-corrected chi connectivity index (χ4v) is 1.67. The molecule has 17 heavy (non-hydrogen) atoms. The quantitative estimate of drug-likeness (QED) is 0.811. The van der Waals surface area contributed by atoms with Crippen LogP contribution in [0.25, 0.3) is 0 Å². The van der Waals surface area contributed by atoms with Crippen molar-refractivity contribution in [3.8, 4) is 0 Å². The van der Waals surface area contributed by atoms with Crippen molar-refractivity contribution in [2.75, 3.05) is 6.54 Å². The Morgan fingerprint density at radius 1 is 1.41 bits per heavy atom. The zero-order valence-corrected chi connectivity index (χ0v) is 11.3. The molecule has 0 saturated heterocycles. The van der Waals surface area contributed by atoms with E-state index in [0.717, 1.165) is 30.8 Å². The van der Waals surface area contributed by atoms with Gasteiger partial charge in [0.25, 0.3) is 0 Å². The minimum Gasteiger partial charge on any atom is -0.312 e. The van der Waals surface area contributed by atoms with Crippen molar-refractivity contribution in [1.29, 1.82) is 0 Å². The van der Waals surface area contributed by atoms with Crippen LogP contribution >= 0.6 is 0 Å². The lowest BCUT2D eigenvalue weighted by molar-refractivity contribution is 0.220. The fourth-order valence-electron chi connectivity index (χ4n) is 1.67. The first-order valence-corrected chi connectivity index (χ1v) is 6.37. The van der Waals surface area contributed by atoms with Crippen LogP contribution in [0.5, 0.6) is 0 Å². The molecule has 0 bridgehead atoms. The van der Waals surface area contributed by atoms with Crippen LogP contribution in [-0.2, 0) is 18.6 Å². The van der Waals surface area contributed by atoms with Gasteiger partial charge < -0.3 is 5.32 Å². The van der Waals surface area contributed by atoms with Gasteiger partial charge in [-0.3, -0.25) is 4.98 Å². The predicted molar refractivity (Wildman–Crippen MR) is 69.7 cm³/mol. The fraction of sp³-hybridized carbons (Fsp3) is 0.643. The molecule has 0 radical (unpaired) electrons. The van der Waals surface area contributed by atoms with Crippen LogP contribution in [0.3, 0.4) is 0 Å². The number of alkyl halides is 1. The zero-order valence-electron chi connectivity index (χ0n) is 11.3. The molecule has 0 aliphatic carbocycles. The van der Waals surface area contributed by atoms with Gasteiger partial charge in [-0.15, -0.1) is 0 Å². The number of pyridine rings is 1. The molecular weight excluding hydrogens is 215 g/mol. The molecule has 96 valence electrons. The van der Waals surface area contributed by atoms with Gasteiger partial charge >= 0.3 is 0 Å². The Hall–Kier alpha value is -0.960. The van der Waals surface area contributed by atoms with Gasteiger partial charge in [-0.1, -0.05) is 20.3 Å². The maximum absolute atomic E-state index is 13.6. The van der Waals surface area contributed by atoms with E-state index in [2.05, 4.69) is 24.1 Å². The second-order valence-electron chi connectivity index (χ2n) is 4.94. The molecule has 1 aromatic heterocycles. The maximum atomic E-state index is 13.6. The van der Waals surface area contributed by atoms with Crippen LogP contribution in [0, 0.1) is 0 Å². The summed E-state index contributed by atoms with van der Waals surface area (Å²) < 4.78 is 13.6. The van der Waals surface area contributed by atoms with E-state index in [1.165, 1.54) is 6.42 Å². The molecule has 2 heterocycles. The van der Waals surface area contributed by atoms with Crippen molar-refractivity contribution < 1.29 is 4.39 Å². The lowest BCUT2D eigenvalue weighted by atomic mass is 9.97. The summed E-state index contributed by atoms with van der Waals surface area (Å²) in [5.41, 5.74) is 1.62. The van der Waals surface area contributed by atoms with Crippen LogP contribution in [0.15, 0.2) is 12.3 Å². The third-order valence-electron chi connectivity index (χ3n) is 2.60. The molecule has 1 aliphatic rings. The first-order valence-electron chi connectivity index (χ1n) is 6.37. The maximum Gasteiger partial charge on any atom is 0.131 e. The second-order valence-corrected chi connectivity index (χ2v) is 4.94. The smallest absolute Gasteiger partial charge is 0.131 e. The van der Waals surface area contributed by atoms with E-state index < -0.39 is 5.67 Å². The minimum absolute atomic E-state index is 0.667. The van der Waals surface area contributed by atoms with Gasteiger partial charge in [-0.05, 0) is 25.5 Å². The average Bonchev–Trinajstić information content (AvgIpc) is 2.28. The Labute approximate surface area is 104 Å². The number of halogens is 1. The minimum atomic E-state index is -1.29. The molecule has 0 amide bonds. The normalized spacial score (nSPS) is 14.6. The van der Waals surface area contributed by atoms with E-state index in [-0.39, 0.29) is 0 Å². The van der Waals surface area contributed by atoms with Gasteiger partial charge in [0.15, 0.2) is 0 Å². The van der Waals surface area contributed by atoms with E-state index in [4.69, 9.17) is 0 Å². The monoisotopic (exact) mass is 238 g/mol. The number of aromatic nitrogens is 1. The summed E-state index contributed by atoms with van der Waals surface area (Å²) in [6.45, 7) is 9.16. The Bertz CT molecular complexity index is 356. The summed E-state index contributed by atoms with van der Waals surface area (Å²) >= 11 is 0. The highest BCUT2D eigenvalue weighted by atomic mass is 19.1. The SMILES string of the molecule is CC(C)(F)c1cnc2c(c1)CNCC2.CCC. The molecule has 1 aromatic rings. The summed E-state index contributed by atoms with van der Waals surface area (Å²) in [6, 6.07) is 1.93. The highest BCUT2D eigenvalue weighted by molar-refractivity contribution is 5.29. The van der Waals surface area contributed by atoms with Crippen molar-refractivity contribution in [2.45, 2.75) is 52.8 Å². The van der Waals surface area contributed by atoms with E-state index in [1.807, 2.05) is 6.07 Å². The molecule has 0 saturated carbocycles. The van der Waals surface area contributed by atoms with Crippen molar-refractivity contribution in [1.82, 2.24) is 10.3 Å². The Balaban J connectivity index is 0.000000437. The largest absolute Gasteiger partial charge is 0.312 e. The van der Waals surface area contributed by atoms with Crippen molar-refractivity contribution in [3.05, 3.63) is 29.1 Å². The molecular formula is C14H23FN2. The Morgan fingerprint density at radius 3 is 2.65 bits per heavy atom. The molecule has 0 aromatic carbocycles. The molecule has 1 N–H and O–H groups in total. The molecule has 2 nitrogen and oxygen atoms in total. The van der Waals surface area contributed by atoms with Gasteiger partial charge in [0.2, 0.25) is 0 Å². The lowest BCUT2D eigenvalue weighted by Crippen LogP contribution is -2.25. The van der Waals surface area contributed by atoms with Crippen molar-refractivity contribution >= 4 is 0 Å². The summed E-state index contributed by atoms with van der Waals surface area (Å²) in [6.07, 6.45) is 3.85. The van der Waals surface area contributed by atoms with E-state index in [1.54, 1.807) is 20.0 Å². The van der Waals surface area contributed by atoms with Crippen LogP contribution in [0.1, 0.15) is 50.9 Å². The van der Waals surface area contributed by atoms with Crippen LogP contribution in [0.2, 0.25) is 0 Å². The molecule has 1 aliphatic heterocycles. The van der Waals surface area contributed by atoms with Crippen molar-refractivity contribution in [2.24, 2.45) is 0 Å². The molecule has 0 unspecified atom stereocenters. The van der Waals surface area contributed by atoms with Gasteiger partial charge in [0.1, 0.15) is 5.67 Å². The summed E-state index contributed by atoms with van der Waals surface area (Å²) in [4.78, 5) is 4.31. The van der Waals surface area contributed by atoms with Gasteiger partial charge in [0, 0.05) is 37.0 Å². The van der Waals surface area contributed by atoms with Crippen LogP contribution < -0.4 is 5.32 Å². The third-order valence-corrected chi connectivity index (χ3v) is 2.60. The topological polar surface area (TPSA) is 24.9 Å². The van der Waals surface area contributed by atoms with E-state index >= 15 is 0 Å². The van der Waals surface area contributed by atoms with Crippen LogP contribution in [0.4, 0.5) is 4.39 Å². The Morgan fingerprint density at radius 2 is 2.06 bits per heavy atom. The summed E-state index contributed by atoms with van der Waals surface area (Å²) in [5, 5.41) is 3.26. The number of hydrogen-bond acceptors (Lipinski definition) is 2. The predicted octanol–water partition coefficient (Wildman–Crippen LogP) is 3.35. The standard InChI is InChI=1S/C11H15FN2.C3H8/c1-11(2,12)9-5-8-6-13-4-3-10(8)14-7-9;1-3-2/h5,7,13H,3-4,6H2,1-2H3;3H2,1-2H3. The first-order chi connectivity index (χ1) is 7.99. The highest BCUT2D eigenvalue weighted by Crippen LogP contribution is 2.26.